The predicted molar refractivity (Wildman–Crippen MR) is 145 cm³/mol. The lowest BCUT2D eigenvalue weighted by Gasteiger charge is -2.19. The molecule has 11 heteroatoms. The van der Waals surface area contributed by atoms with E-state index in [1.54, 1.807) is 13.0 Å². The van der Waals surface area contributed by atoms with E-state index in [-0.39, 0.29) is 36.2 Å². The van der Waals surface area contributed by atoms with E-state index in [4.69, 9.17) is 17.0 Å². The number of benzene rings is 2. The Bertz CT molecular complexity index is 1290. The van der Waals surface area contributed by atoms with Gasteiger partial charge in [-0.2, -0.15) is 0 Å². The zero-order chi connectivity index (χ0) is 27.5. The fraction of sp³-hybridized carbons (Fsp3) is 0.222. The fourth-order valence-electron chi connectivity index (χ4n) is 3.81. The largest absolute Gasteiger partial charge is 0.480 e. The number of ether oxygens (including phenoxy) is 1. The third-order valence-electron chi connectivity index (χ3n) is 5.57. The number of aromatic nitrogens is 1. The molecule has 2 amide bonds. The number of aliphatic carboxylic acids is 1. The van der Waals surface area contributed by atoms with Crippen molar-refractivity contribution < 1.29 is 24.2 Å². The van der Waals surface area contributed by atoms with Gasteiger partial charge in [-0.15, -0.1) is 0 Å². The Hall–Kier alpha value is -4.51. The van der Waals surface area contributed by atoms with Gasteiger partial charge in [0.2, 0.25) is 0 Å². The van der Waals surface area contributed by atoms with Gasteiger partial charge in [0.25, 0.3) is 11.5 Å². The second-order valence-corrected chi connectivity index (χ2v) is 8.57. The summed E-state index contributed by atoms with van der Waals surface area (Å²) < 4.78 is 4.70. The zero-order valence-electron chi connectivity index (χ0n) is 20.6. The molecule has 0 bridgehead atoms. The second-order valence-electron chi connectivity index (χ2n) is 8.17. The van der Waals surface area contributed by atoms with E-state index in [2.05, 4.69) is 20.9 Å². The second kappa shape index (κ2) is 13.7. The summed E-state index contributed by atoms with van der Waals surface area (Å²) in [4.78, 5) is 51.6. The lowest BCUT2D eigenvalue weighted by Crippen LogP contribution is -2.46. The van der Waals surface area contributed by atoms with Gasteiger partial charge in [-0.05, 0) is 48.8 Å². The molecular weight excluding hydrogens is 508 g/mol. The average molecular weight is 537 g/mol. The highest BCUT2D eigenvalue weighted by atomic mass is 32.1. The maximum atomic E-state index is 12.9. The Morgan fingerprint density at radius 3 is 2.11 bits per heavy atom. The molecule has 198 valence electrons. The number of carbonyl (C=O) groups is 3. The Balaban J connectivity index is 1.71. The molecule has 0 unspecified atom stereocenters. The van der Waals surface area contributed by atoms with Crippen LogP contribution in [-0.4, -0.2) is 52.4 Å². The van der Waals surface area contributed by atoms with Crippen LogP contribution in [-0.2, 0) is 9.53 Å². The van der Waals surface area contributed by atoms with E-state index in [1.165, 1.54) is 6.07 Å². The van der Waals surface area contributed by atoms with Crippen molar-refractivity contribution in [2.24, 2.45) is 0 Å². The van der Waals surface area contributed by atoms with E-state index in [9.17, 15) is 24.3 Å². The molecule has 0 spiro atoms. The van der Waals surface area contributed by atoms with Gasteiger partial charge in [-0.3, -0.25) is 14.9 Å². The van der Waals surface area contributed by atoms with Crippen molar-refractivity contribution in [1.82, 2.24) is 20.9 Å². The van der Waals surface area contributed by atoms with Crippen LogP contribution in [0.15, 0.2) is 77.6 Å². The van der Waals surface area contributed by atoms with Crippen molar-refractivity contribution in [2.45, 2.75) is 25.3 Å². The Kier molecular flexibility index (Phi) is 10.1. The third kappa shape index (κ3) is 7.74. The van der Waals surface area contributed by atoms with Gasteiger partial charge in [0.05, 0.1) is 6.61 Å². The van der Waals surface area contributed by atoms with Crippen LogP contribution in [0.1, 0.15) is 46.4 Å². The van der Waals surface area contributed by atoms with Gasteiger partial charge in [-0.25, -0.2) is 9.59 Å². The summed E-state index contributed by atoms with van der Waals surface area (Å²) in [5.41, 5.74) is 1.65. The Labute approximate surface area is 224 Å². The molecule has 0 aliphatic rings. The van der Waals surface area contributed by atoms with Crippen molar-refractivity contribution in [2.75, 3.05) is 13.2 Å². The summed E-state index contributed by atoms with van der Waals surface area (Å²) in [6, 6.07) is 21.0. The van der Waals surface area contributed by atoms with Crippen LogP contribution in [0, 0.1) is 0 Å². The Morgan fingerprint density at radius 1 is 0.974 bits per heavy atom. The minimum absolute atomic E-state index is 0.0353. The number of hydrogen-bond donors (Lipinski definition) is 5. The molecule has 0 saturated heterocycles. The average Bonchev–Trinajstić information content (AvgIpc) is 2.89. The number of carboxylic acids is 1. The van der Waals surface area contributed by atoms with Crippen molar-refractivity contribution in [3.05, 3.63) is 106 Å². The first-order valence-electron chi connectivity index (χ1n) is 11.9. The molecular formula is C27H28N4O6S. The van der Waals surface area contributed by atoms with Crippen molar-refractivity contribution in [1.29, 1.82) is 0 Å². The van der Waals surface area contributed by atoms with Crippen LogP contribution in [0.3, 0.4) is 0 Å². The van der Waals surface area contributed by atoms with Crippen LogP contribution in [0.2, 0.25) is 0 Å². The van der Waals surface area contributed by atoms with Crippen molar-refractivity contribution in [3.63, 3.8) is 0 Å². The molecule has 38 heavy (non-hydrogen) atoms. The molecule has 10 nitrogen and oxygen atoms in total. The lowest BCUT2D eigenvalue weighted by molar-refractivity contribution is -0.139. The van der Waals surface area contributed by atoms with Crippen LogP contribution < -0.4 is 21.5 Å². The molecule has 2 aromatic carbocycles. The summed E-state index contributed by atoms with van der Waals surface area (Å²) in [6.45, 7) is 1.84. The number of rotatable bonds is 10. The monoisotopic (exact) mass is 536 g/mol. The van der Waals surface area contributed by atoms with Crippen LogP contribution in [0.25, 0.3) is 0 Å². The molecule has 0 radical (unpaired) electrons. The van der Waals surface area contributed by atoms with Crippen molar-refractivity contribution >= 4 is 35.3 Å². The van der Waals surface area contributed by atoms with Crippen LogP contribution in [0.4, 0.5) is 4.79 Å². The van der Waals surface area contributed by atoms with Gasteiger partial charge >= 0.3 is 12.1 Å². The smallest absolute Gasteiger partial charge is 0.413 e. The molecule has 0 saturated carbocycles. The predicted octanol–water partition coefficient (Wildman–Crippen LogP) is 2.75. The maximum Gasteiger partial charge on any atom is 0.413 e. The summed E-state index contributed by atoms with van der Waals surface area (Å²) in [6.07, 6.45) is -0.802. The van der Waals surface area contributed by atoms with Gasteiger partial charge in [0.1, 0.15) is 11.6 Å². The van der Waals surface area contributed by atoms with Gasteiger partial charge in [-0.1, -0.05) is 60.7 Å². The highest BCUT2D eigenvalue weighted by molar-refractivity contribution is 7.80. The number of carboxylic acid groups (broad SMARTS) is 1. The molecule has 0 fully saturated rings. The summed E-state index contributed by atoms with van der Waals surface area (Å²) >= 11 is 4.94. The first-order valence-corrected chi connectivity index (χ1v) is 12.3. The fourth-order valence-corrected chi connectivity index (χ4v) is 3.99. The number of carbonyl (C=O) groups excluding carboxylic acids is 2. The molecule has 0 aliphatic heterocycles. The lowest BCUT2D eigenvalue weighted by atomic mass is 9.88. The number of amides is 2. The Morgan fingerprint density at radius 2 is 1.58 bits per heavy atom. The molecule has 3 aromatic rings. The highest BCUT2D eigenvalue weighted by Gasteiger charge is 2.24. The molecule has 1 heterocycles. The summed E-state index contributed by atoms with van der Waals surface area (Å²) in [7, 11) is 0. The first kappa shape index (κ1) is 28.1. The molecule has 0 aliphatic carbocycles. The van der Waals surface area contributed by atoms with E-state index in [0.717, 1.165) is 11.1 Å². The molecule has 1 atom stereocenters. The molecule has 1 aromatic heterocycles. The standard InChI is InChI=1S/C27H28N4O6S/c1-2-37-27(36)31-26(38)28-16-15-21(25(34)35)30-24(33)19-13-14-20(29-23(19)32)22(17-9-5-3-6-10-17)18-11-7-4-8-12-18/h3-14,21-22H,2,15-16H2,1H3,(H,29,32)(H,30,33)(H,34,35)(H2,28,31,36,38)/t21-/m0/s1. The number of nitrogens with one attached hydrogen (secondary N) is 4. The molecule has 3 rings (SSSR count). The minimum atomic E-state index is -1.30. The maximum absolute atomic E-state index is 12.9. The topological polar surface area (TPSA) is 150 Å². The van der Waals surface area contributed by atoms with Crippen LogP contribution >= 0.6 is 12.2 Å². The number of hydrogen-bond acceptors (Lipinski definition) is 6. The van der Waals surface area contributed by atoms with Gasteiger partial charge < -0.3 is 25.5 Å². The van der Waals surface area contributed by atoms with Crippen LogP contribution in [0.5, 0.6) is 0 Å². The highest BCUT2D eigenvalue weighted by Crippen LogP contribution is 2.30. The zero-order valence-corrected chi connectivity index (χ0v) is 21.4. The van der Waals surface area contributed by atoms with E-state index < -0.39 is 29.6 Å². The number of thiocarbonyl (C=S) groups is 1. The number of alkyl carbamates (subject to hydrolysis) is 1. The number of pyridine rings is 1. The summed E-state index contributed by atoms with van der Waals surface area (Å²) in [5.74, 6) is -2.38. The minimum Gasteiger partial charge on any atom is -0.480 e. The quantitative estimate of drug-likeness (QED) is 0.248. The first-order chi connectivity index (χ1) is 18.3. The summed E-state index contributed by atoms with van der Waals surface area (Å²) in [5, 5.41) is 16.8. The molecule has 5 N–H and O–H groups in total. The van der Waals surface area contributed by atoms with E-state index in [1.807, 2.05) is 60.7 Å². The van der Waals surface area contributed by atoms with Crippen molar-refractivity contribution in [3.8, 4) is 0 Å². The SMILES string of the molecule is CCOC(=O)NC(=S)NCC[C@H](NC(=O)c1ccc(C(c2ccccc2)c2ccccc2)[nH]c1=O)C(=O)O. The number of H-pyrrole nitrogens is 1. The van der Waals surface area contributed by atoms with Gasteiger partial charge in [0.15, 0.2) is 5.11 Å². The normalized spacial score (nSPS) is 11.3. The van der Waals surface area contributed by atoms with E-state index >= 15 is 0 Å². The third-order valence-corrected chi connectivity index (χ3v) is 5.81. The van der Waals surface area contributed by atoms with Gasteiger partial charge in [0, 0.05) is 18.2 Å². The van der Waals surface area contributed by atoms with E-state index in [0.29, 0.717) is 5.69 Å². The number of aromatic amines is 1.